The largest absolute Gasteiger partial charge is 0.308 e. The van der Waals surface area contributed by atoms with Crippen molar-refractivity contribution in [3.05, 3.63) is 182 Å². The maximum absolute atomic E-state index is 2.41. The lowest BCUT2D eigenvalue weighted by atomic mass is 9.96. The molecule has 0 N–H and O–H groups in total. The molecular formula is C46H30N2S. The van der Waals surface area contributed by atoms with E-state index in [0.717, 1.165) is 22.7 Å². The van der Waals surface area contributed by atoms with Crippen LogP contribution in [0.15, 0.2) is 182 Å². The van der Waals surface area contributed by atoms with Gasteiger partial charge in [0.2, 0.25) is 0 Å². The molecule has 0 fully saturated rings. The summed E-state index contributed by atoms with van der Waals surface area (Å²) in [5.41, 5.74) is 9.35. The zero-order valence-electron chi connectivity index (χ0n) is 26.6. The van der Waals surface area contributed by atoms with Crippen molar-refractivity contribution in [3.8, 4) is 16.8 Å². The predicted octanol–water partition coefficient (Wildman–Crippen LogP) is 13.4. The first kappa shape index (κ1) is 27.9. The van der Waals surface area contributed by atoms with Crippen molar-refractivity contribution < 1.29 is 0 Å². The van der Waals surface area contributed by atoms with Crippen molar-refractivity contribution in [1.29, 1.82) is 0 Å². The molecule has 8 aromatic carbocycles. The van der Waals surface area contributed by atoms with Gasteiger partial charge in [-0.15, -0.1) is 11.3 Å². The number of rotatable bonds is 5. The molecule has 0 spiro atoms. The van der Waals surface area contributed by atoms with Gasteiger partial charge in [-0.3, -0.25) is 0 Å². The third-order valence-electron chi connectivity index (χ3n) is 9.78. The van der Waals surface area contributed by atoms with Crippen LogP contribution in [0.1, 0.15) is 0 Å². The van der Waals surface area contributed by atoms with Crippen LogP contribution < -0.4 is 4.90 Å². The van der Waals surface area contributed by atoms with Crippen molar-refractivity contribution >= 4 is 81.1 Å². The lowest BCUT2D eigenvalue weighted by Crippen LogP contribution is -2.11. The quantitative estimate of drug-likeness (QED) is 0.181. The number of benzene rings is 8. The summed E-state index contributed by atoms with van der Waals surface area (Å²) < 4.78 is 5.10. The van der Waals surface area contributed by atoms with Crippen molar-refractivity contribution in [2.45, 2.75) is 0 Å². The summed E-state index contributed by atoms with van der Waals surface area (Å²) in [7, 11) is 0. The number of para-hydroxylation sites is 4. The van der Waals surface area contributed by atoms with Gasteiger partial charge >= 0.3 is 0 Å². The van der Waals surface area contributed by atoms with Gasteiger partial charge in [0.25, 0.3) is 0 Å². The molecule has 0 unspecified atom stereocenters. The number of hydrogen-bond acceptors (Lipinski definition) is 2. The SMILES string of the molecule is c1ccc(N(c2ccc(-c3cccc4c3ccc3c5ccccc5sc43)cc2)c2cccc3c4ccccc4n(-c4ccccc4)c23)cc1. The first-order valence-corrected chi connectivity index (χ1v) is 17.5. The highest BCUT2D eigenvalue weighted by Crippen LogP contribution is 2.45. The van der Waals surface area contributed by atoms with Crippen LogP contribution in [0.25, 0.3) is 69.6 Å². The van der Waals surface area contributed by atoms with Crippen LogP contribution in [0.4, 0.5) is 17.1 Å². The molecule has 0 atom stereocenters. The zero-order valence-corrected chi connectivity index (χ0v) is 27.4. The van der Waals surface area contributed by atoms with E-state index in [4.69, 9.17) is 0 Å². The van der Waals surface area contributed by atoms with E-state index in [2.05, 4.69) is 191 Å². The Balaban J connectivity index is 1.16. The molecule has 0 bridgehead atoms. The summed E-state index contributed by atoms with van der Waals surface area (Å²) >= 11 is 1.89. The molecule has 0 saturated heterocycles. The topological polar surface area (TPSA) is 8.17 Å². The van der Waals surface area contributed by atoms with E-state index in [0.29, 0.717) is 0 Å². The highest BCUT2D eigenvalue weighted by Gasteiger charge is 2.21. The standard InChI is InChI=1S/C46H30N2S/c1-3-13-32(14-4-1)47(43-23-12-20-39-37-17-7-9-22-42(37)48(45(39)43)33-15-5-2-6-16-33)34-27-25-31(26-28-34)35-19-11-21-40-36(35)29-30-41-38-18-8-10-24-44(38)49-46(40)41/h1-30H. The number of nitrogens with zero attached hydrogens (tertiary/aromatic N) is 2. The summed E-state index contributed by atoms with van der Waals surface area (Å²) in [6.07, 6.45) is 0. The van der Waals surface area contributed by atoms with Crippen LogP contribution in [0.5, 0.6) is 0 Å². The number of fused-ring (bicyclic) bond motifs is 8. The molecule has 0 radical (unpaired) electrons. The normalized spacial score (nSPS) is 11.7. The molecule has 2 aromatic heterocycles. The second-order valence-electron chi connectivity index (χ2n) is 12.5. The van der Waals surface area contributed by atoms with Gasteiger partial charge in [0.05, 0.1) is 16.7 Å². The number of hydrogen-bond donors (Lipinski definition) is 0. The second-order valence-corrected chi connectivity index (χ2v) is 13.6. The number of aromatic nitrogens is 1. The highest BCUT2D eigenvalue weighted by atomic mass is 32.1. The van der Waals surface area contributed by atoms with Crippen LogP contribution in [0, 0.1) is 0 Å². The van der Waals surface area contributed by atoms with Gasteiger partial charge in [-0.1, -0.05) is 127 Å². The summed E-state index contributed by atoms with van der Waals surface area (Å²) in [6, 6.07) is 66.0. The first-order chi connectivity index (χ1) is 24.3. The van der Waals surface area contributed by atoms with E-state index in [9.17, 15) is 0 Å². The molecule has 3 heteroatoms. The number of thiophene rings is 1. The fourth-order valence-electron chi connectivity index (χ4n) is 7.61. The predicted molar refractivity (Wildman–Crippen MR) is 211 cm³/mol. The molecule has 2 heterocycles. The average molecular weight is 643 g/mol. The minimum absolute atomic E-state index is 1.11. The van der Waals surface area contributed by atoms with Gasteiger partial charge in [-0.2, -0.15) is 0 Å². The number of anilines is 3. The van der Waals surface area contributed by atoms with Crippen LogP contribution in [-0.4, -0.2) is 4.57 Å². The van der Waals surface area contributed by atoms with E-state index >= 15 is 0 Å². The van der Waals surface area contributed by atoms with E-state index in [1.807, 2.05) is 11.3 Å². The highest BCUT2D eigenvalue weighted by molar-refractivity contribution is 7.26. The van der Waals surface area contributed by atoms with Crippen LogP contribution in [0.2, 0.25) is 0 Å². The smallest absolute Gasteiger partial charge is 0.0782 e. The molecular weight excluding hydrogens is 613 g/mol. The Hall–Kier alpha value is -6.16. The van der Waals surface area contributed by atoms with Crippen molar-refractivity contribution in [2.75, 3.05) is 4.90 Å². The van der Waals surface area contributed by atoms with Crippen LogP contribution >= 0.6 is 11.3 Å². The Labute approximate surface area is 288 Å². The van der Waals surface area contributed by atoms with Gasteiger partial charge in [0.1, 0.15) is 0 Å². The molecule has 230 valence electrons. The Bertz CT molecular complexity index is 2810. The molecule has 10 rings (SSSR count). The first-order valence-electron chi connectivity index (χ1n) is 16.7. The summed E-state index contributed by atoms with van der Waals surface area (Å²) in [5, 5.41) is 7.74. The van der Waals surface area contributed by atoms with Gasteiger partial charge in [-0.05, 0) is 71.1 Å². The molecule has 0 aliphatic heterocycles. The maximum Gasteiger partial charge on any atom is 0.0782 e. The molecule has 2 nitrogen and oxygen atoms in total. The van der Waals surface area contributed by atoms with Crippen molar-refractivity contribution in [3.63, 3.8) is 0 Å². The van der Waals surface area contributed by atoms with Crippen LogP contribution in [0.3, 0.4) is 0 Å². The Morgan fingerprint density at radius 3 is 1.86 bits per heavy atom. The molecule has 10 aromatic rings. The van der Waals surface area contributed by atoms with Gasteiger partial charge in [0, 0.05) is 53.4 Å². The van der Waals surface area contributed by atoms with Gasteiger partial charge in [-0.25, -0.2) is 0 Å². The lowest BCUT2D eigenvalue weighted by Gasteiger charge is -2.27. The zero-order chi connectivity index (χ0) is 32.3. The molecule has 0 saturated carbocycles. The monoisotopic (exact) mass is 642 g/mol. The maximum atomic E-state index is 2.41. The van der Waals surface area contributed by atoms with E-state index < -0.39 is 0 Å². The van der Waals surface area contributed by atoms with Crippen LogP contribution in [-0.2, 0) is 0 Å². The summed E-state index contributed by atoms with van der Waals surface area (Å²) in [4.78, 5) is 2.40. The second kappa shape index (κ2) is 11.2. The van der Waals surface area contributed by atoms with Crippen molar-refractivity contribution in [1.82, 2.24) is 4.57 Å². The average Bonchev–Trinajstić information content (AvgIpc) is 3.73. The van der Waals surface area contributed by atoms with E-state index in [1.165, 1.54) is 63.9 Å². The Morgan fingerprint density at radius 2 is 1.02 bits per heavy atom. The third kappa shape index (κ3) is 4.40. The lowest BCUT2D eigenvalue weighted by molar-refractivity contribution is 1.17. The molecule has 0 amide bonds. The fourth-order valence-corrected chi connectivity index (χ4v) is 8.84. The van der Waals surface area contributed by atoms with Gasteiger partial charge < -0.3 is 9.47 Å². The van der Waals surface area contributed by atoms with Gasteiger partial charge in [0.15, 0.2) is 0 Å². The fraction of sp³-hybridized carbons (Fsp3) is 0. The van der Waals surface area contributed by atoms with Crippen molar-refractivity contribution in [2.24, 2.45) is 0 Å². The minimum Gasteiger partial charge on any atom is -0.308 e. The molecule has 0 aliphatic carbocycles. The molecule has 49 heavy (non-hydrogen) atoms. The minimum atomic E-state index is 1.11. The summed E-state index contributed by atoms with van der Waals surface area (Å²) in [6.45, 7) is 0. The third-order valence-corrected chi connectivity index (χ3v) is 11.0. The Kier molecular flexibility index (Phi) is 6.39. The summed E-state index contributed by atoms with van der Waals surface area (Å²) in [5.74, 6) is 0. The Morgan fingerprint density at radius 1 is 0.408 bits per heavy atom. The van der Waals surface area contributed by atoms with E-state index in [1.54, 1.807) is 0 Å². The molecule has 0 aliphatic rings. The van der Waals surface area contributed by atoms with E-state index in [-0.39, 0.29) is 0 Å².